The number of unbranched alkanes of at least 4 members (excludes halogenated alkanes) is 4. The van der Waals surface area contributed by atoms with Crippen molar-refractivity contribution in [3.05, 3.63) is 199 Å². The van der Waals surface area contributed by atoms with Gasteiger partial charge in [0.05, 0.1) is 53.7 Å². The van der Waals surface area contributed by atoms with Crippen LogP contribution in [0.3, 0.4) is 0 Å². The average molecular weight is 988 g/mol. The summed E-state index contributed by atoms with van der Waals surface area (Å²) in [6.07, 6.45) is 5.57. The van der Waals surface area contributed by atoms with Gasteiger partial charge >= 0.3 is 17.9 Å². The summed E-state index contributed by atoms with van der Waals surface area (Å²) in [5.74, 6) is 0.993. The Balaban J connectivity index is 0.826. The zero-order valence-corrected chi connectivity index (χ0v) is 41.5. The minimum atomic E-state index is -0.475. The molecule has 0 saturated carbocycles. The van der Waals surface area contributed by atoms with Crippen LogP contribution in [0.1, 0.15) is 78.7 Å². The molecule has 8 aromatic carbocycles. The van der Waals surface area contributed by atoms with E-state index in [2.05, 4.69) is 35.1 Å². The molecule has 0 aliphatic rings. The first-order valence-electron chi connectivity index (χ1n) is 24.7. The molecule has 74 heavy (non-hydrogen) atoms. The van der Waals surface area contributed by atoms with Gasteiger partial charge in [0.15, 0.2) is 0 Å². The van der Waals surface area contributed by atoms with Crippen molar-refractivity contribution in [1.82, 2.24) is 0 Å². The number of esters is 3. The van der Waals surface area contributed by atoms with Crippen LogP contribution in [-0.2, 0) is 16.1 Å². The predicted molar refractivity (Wildman–Crippen MR) is 289 cm³/mol. The second-order valence-electron chi connectivity index (χ2n) is 17.4. The lowest BCUT2D eigenvalue weighted by Gasteiger charge is -2.12. The number of hydrogen-bond donors (Lipinski definition) is 1. The standard InChI is InChI=1S/C61H57N5O8/c1-4-5-38-70-48-30-32-50(33-31-48)74-60(68)44-20-24-46(25-21-44)63-64-56-36-37-58(54-17-11-10-16-53(54)56)66-65-57-35-34-55(51-14-8-9-15-52(51)57)62-41-43-18-26-49(27-19-43)73-61(69)45-22-28-47(29-23-45)71-39-12-6-7-13-40-72-59(67)42(2)3/h8-11,14-37,62H,2,4-7,12-13,38-41H2,1,3H3/b64-63+,66-65+. The van der Waals surface area contributed by atoms with Crippen molar-refractivity contribution < 1.29 is 38.1 Å². The second kappa shape index (κ2) is 25.9. The monoisotopic (exact) mass is 987 g/mol. The van der Waals surface area contributed by atoms with Crippen LogP contribution in [0.15, 0.2) is 202 Å². The van der Waals surface area contributed by atoms with E-state index in [1.165, 1.54) is 0 Å². The third-order valence-electron chi connectivity index (χ3n) is 11.8. The van der Waals surface area contributed by atoms with Crippen LogP contribution < -0.4 is 24.3 Å². The van der Waals surface area contributed by atoms with Gasteiger partial charge in [-0.05, 0) is 154 Å². The van der Waals surface area contributed by atoms with Crippen LogP contribution in [0, 0.1) is 0 Å². The van der Waals surface area contributed by atoms with E-state index >= 15 is 0 Å². The quantitative estimate of drug-likeness (QED) is 0.0204. The number of nitrogens with one attached hydrogen (secondary N) is 1. The number of ether oxygens (including phenoxy) is 5. The van der Waals surface area contributed by atoms with E-state index in [-0.39, 0.29) is 5.97 Å². The lowest BCUT2D eigenvalue weighted by Crippen LogP contribution is -2.08. The zero-order chi connectivity index (χ0) is 51.5. The molecule has 0 heterocycles. The molecule has 0 unspecified atom stereocenters. The number of carbonyl (C=O) groups excluding carboxylic acids is 3. The predicted octanol–water partition coefficient (Wildman–Crippen LogP) is 16.1. The first kappa shape index (κ1) is 51.4. The van der Waals surface area contributed by atoms with Gasteiger partial charge in [-0.15, -0.1) is 15.3 Å². The highest BCUT2D eigenvalue weighted by molar-refractivity contribution is 6.02. The van der Waals surface area contributed by atoms with Crippen molar-refractivity contribution in [3.63, 3.8) is 0 Å². The average Bonchev–Trinajstić information content (AvgIpc) is 3.43. The van der Waals surface area contributed by atoms with E-state index in [9.17, 15) is 14.4 Å². The molecule has 8 rings (SSSR count). The van der Waals surface area contributed by atoms with Crippen LogP contribution >= 0.6 is 0 Å². The Kier molecular flexibility index (Phi) is 18.0. The van der Waals surface area contributed by atoms with Crippen LogP contribution in [0.2, 0.25) is 0 Å². The molecule has 0 saturated heterocycles. The van der Waals surface area contributed by atoms with Crippen LogP contribution in [0.5, 0.6) is 23.0 Å². The molecule has 0 amide bonds. The van der Waals surface area contributed by atoms with E-state index in [1.807, 2.05) is 78.9 Å². The summed E-state index contributed by atoms with van der Waals surface area (Å²) in [4.78, 5) is 37.2. The number of rotatable bonds is 24. The smallest absolute Gasteiger partial charge is 0.343 e. The molecule has 374 valence electrons. The van der Waals surface area contributed by atoms with Gasteiger partial charge < -0.3 is 29.0 Å². The normalized spacial score (nSPS) is 11.2. The fourth-order valence-electron chi connectivity index (χ4n) is 7.72. The molecule has 0 aromatic heterocycles. The molecule has 1 N–H and O–H groups in total. The zero-order valence-electron chi connectivity index (χ0n) is 41.5. The second-order valence-corrected chi connectivity index (χ2v) is 17.4. The van der Waals surface area contributed by atoms with Crippen molar-refractivity contribution in [2.45, 2.75) is 58.9 Å². The molecule has 13 nitrogen and oxygen atoms in total. The Morgan fingerprint density at radius 2 is 0.919 bits per heavy atom. The summed E-state index contributed by atoms with van der Waals surface area (Å²) >= 11 is 0. The highest BCUT2D eigenvalue weighted by atomic mass is 16.5. The third-order valence-corrected chi connectivity index (χ3v) is 11.8. The summed E-state index contributed by atoms with van der Waals surface area (Å²) in [5, 5.41) is 25.7. The Hall–Kier alpha value is -8.97. The third kappa shape index (κ3) is 14.3. The molecule has 0 atom stereocenters. The van der Waals surface area contributed by atoms with Crippen molar-refractivity contribution in [3.8, 4) is 23.0 Å². The van der Waals surface area contributed by atoms with Crippen molar-refractivity contribution in [2.75, 3.05) is 25.1 Å². The van der Waals surface area contributed by atoms with Gasteiger partial charge in [-0.3, -0.25) is 0 Å². The molecule has 13 heteroatoms. The van der Waals surface area contributed by atoms with Gasteiger partial charge in [-0.2, -0.15) is 5.11 Å². The summed E-state index contributed by atoms with van der Waals surface area (Å²) in [7, 11) is 0. The highest BCUT2D eigenvalue weighted by Gasteiger charge is 2.13. The Morgan fingerprint density at radius 3 is 1.47 bits per heavy atom. The summed E-state index contributed by atoms with van der Waals surface area (Å²) in [6.45, 7) is 9.45. The summed E-state index contributed by atoms with van der Waals surface area (Å²) in [6, 6.07) is 51.7. The van der Waals surface area contributed by atoms with E-state index < -0.39 is 11.9 Å². The molecular weight excluding hydrogens is 931 g/mol. The minimum Gasteiger partial charge on any atom is -0.494 e. The molecule has 0 fully saturated rings. The van der Waals surface area contributed by atoms with Crippen molar-refractivity contribution in [2.24, 2.45) is 20.5 Å². The van der Waals surface area contributed by atoms with Crippen LogP contribution in [0.25, 0.3) is 21.5 Å². The highest BCUT2D eigenvalue weighted by Crippen LogP contribution is 2.37. The molecule has 8 aromatic rings. The minimum absolute atomic E-state index is 0.354. The lowest BCUT2D eigenvalue weighted by molar-refractivity contribution is -0.139. The van der Waals surface area contributed by atoms with Crippen LogP contribution in [0.4, 0.5) is 28.4 Å². The van der Waals surface area contributed by atoms with Crippen LogP contribution in [-0.4, -0.2) is 37.7 Å². The first-order chi connectivity index (χ1) is 36.2. The Labute approximate surface area is 430 Å². The molecular formula is C61H57N5O8. The number of fused-ring (bicyclic) bond motifs is 2. The first-order valence-corrected chi connectivity index (χ1v) is 24.7. The number of azo groups is 2. The number of benzene rings is 8. The van der Waals surface area contributed by atoms with Gasteiger partial charge in [0.2, 0.25) is 0 Å². The number of anilines is 1. The topological polar surface area (TPSA) is 159 Å². The number of carbonyl (C=O) groups is 3. The summed E-state index contributed by atoms with van der Waals surface area (Å²) in [5.41, 5.74) is 5.79. The van der Waals surface area contributed by atoms with Gasteiger partial charge in [0.25, 0.3) is 0 Å². The maximum Gasteiger partial charge on any atom is 0.343 e. The Bertz CT molecular complexity index is 3260. The van der Waals surface area contributed by atoms with Gasteiger partial charge in [-0.1, -0.05) is 80.6 Å². The van der Waals surface area contributed by atoms with Gasteiger partial charge in [0, 0.05) is 39.4 Å². The molecule has 0 aliphatic carbocycles. The maximum absolute atomic E-state index is 12.9. The fourth-order valence-corrected chi connectivity index (χ4v) is 7.72. The largest absolute Gasteiger partial charge is 0.494 e. The van der Waals surface area contributed by atoms with Gasteiger partial charge in [0.1, 0.15) is 23.0 Å². The number of hydrogen-bond acceptors (Lipinski definition) is 13. The van der Waals surface area contributed by atoms with E-state index in [0.29, 0.717) is 83.1 Å². The SMILES string of the molecule is C=C(C)C(=O)OCCCCCCOc1ccc(C(=O)Oc2ccc(CNc3ccc(/N=N/c4ccc(/N=N/c5ccc(C(=O)Oc6ccc(OCCCC)cc6)cc5)c5ccccc45)c4ccccc34)cc2)cc1. The van der Waals surface area contributed by atoms with Crippen molar-refractivity contribution >= 4 is 67.9 Å². The van der Waals surface area contributed by atoms with Gasteiger partial charge in [-0.25, -0.2) is 14.4 Å². The molecule has 0 aliphatic heterocycles. The van der Waals surface area contributed by atoms with E-state index in [0.717, 1.165) is 77.1 Å². The summed E-state index contributed by atoms with van der Waals surface area (Å²) < 4.78 is 27.9. The Morgan fingerprint density at radius 1 is 0.473 bits per heavy atom. The molecule has 0 radical (unpaired) electrons. The van der Waals surface area contributed by atoms with E-state index in [1.54, 1.807) is 91.9 Å². The fraction of sp³-hybridized carbons (Fsp3) is 0.197. The van der Waals surface area contributed by atoms with Crippen molar-refractivity contribution in [1.29, 1.82) is 0 Å². The molecule has 0 spiro atoms. The molecule has 0 bridgehead atoms. The lowest BCUT2D eigenvalue weighted by atomic mass is 10.1. The van der Waals surface area contributed by atoms with E-state index in [4.69, 9.17) is 33.9 Å². The maximum atomic E-state index is 12.9. The number of nitrogens with zero attached hydrogens (tertiary/aromatic N) is 4.